The minimum absolute atomic E-state index is 0. The zero-order valence-electron chi connectivity index (χ0n) is 9.49. The second-order valence-electron chi connectivity index (χ2n) is 3.61. The fourth-order valence-electron chi connectivity index (χ4n) is 1.38. The Hall–Kier alpha value is -0.930. The third-order valence-electron chi connectivity index (χ3n) is 2.28. The summed E-state index contributed by atoms with van der Waals surface area (Å²) in [7, 11) is 0. The number of benzene rings is 2. The maximum Gasteiger partial charge on any atom is 0.0488 e. The van der Waals surface area contributed by atoms with E-state index in [0.29, 0.717) is 0 Å². The van der Waals surface area contributed by atoms with Crippen LogP contribution in [0.25, 0.3) is 0 Å². The highest BCUT2D eigenvalue weighted by molar-refractivity contribution is 6.30. The number of hydrazine groups is 1. The van der Waals surface area contributed by atoms with Gasteiger partial charge in [-0.15, -0.1) is 12.4 Å². The monoisotopic (exact) mass is 302 g/mol. The Morgan fingerprint density at radius 2 is 1.28 bits per heavy atom. The second-order valence-corrected chi connectivity index (χ2v) is 4.48. The lowest BCUT2D eigenvalue weighted by atomic mass is 10.2. The second kappa shape index (κ2) is 7.49. The first kappa shape index (κ1) is 15.1. The summed E-state index contributed by atoms with van der Waals surface area (Å²) < 4.78 is 0. The summed E-state index contributed by atoms with van der Waals surface area (Å²) in [6.45, 7) is 0.722. The van der Waals surface area contributed by atoms with Crippen LogP contribution in [-0.4, -0.2) is 0 Å². The predicted octanol–water partition coefficient (Wildman–Crippen LogP) is 4.53. The van der Waals surface area contributed by atoms with Crippen molar-refractivity contribution in [2.45, 2.75) is 6.54 Å². The van der Waals surface area contributed by atoms with Gasteiger partial charge in [-0.3, -0.25) is 0 Å². The normalized spacial score (nSPS) is 9.67. The molecule has 5 heteroatoms. The number of nitrogens with one attached hydrogen (secondary N) is 2. The zero-order valence-corrected chi connectivity index (χ0v) is 11.8. The minimum atomic E-state index is 0. The molecule has 0 atom stereocenters. The molecule has 0 spiro atoms. The Morgan fingerprint density at radius 3 is 1.83 bits per heavy atom. The molecule has 0 aliphatic rings. The summed E-state index contributed by atoms with van der Waals surface area (Å²) in [5.41, 5.74) is 8.35. The van der Waals surface area contributed by atoms with Crippen molar-refractivity contribution in [3.63, 3.8) is 0 Å². The topological polar surface area (TPSA) is 24.1 Å². The lowest BCUT2D eigenvalue weighted by Gasteiger charge is -2.08. The summed E-state index contributed by atoms with van der Waals surface area (Å²) in [5, 5.41) is 1.48. The van der Waals surface area contributed by atoms with Crippen molar-refractivity contribution in [2.24, 2.45) is 0 Å². The minimum Gasteiger partial charge on any atom is -0.321 e. The molecule has 0 saturated heterocycles. The summed E-state index contributed by atoms with van der Waals surface area (Å²) in [4.78, 5) is 0. The smallest absolute Gasteiger partial charge is 0.0488 e. The van der Waals surface area contributed by atoms with Crippen LogP contribution in [0.1, 0.15) is 5.56 Å². The first-order chi connectivity index (χ1) is 8.24. The molecular formula is C13H13Cl3N2. The van der Waals surface area contributed by atoms with Gasteiger partial charge in [0.05, 0.1) is 0 Å². The Labute approximate surface area is 123 Å². The molecular weight excluding hydrogens is 291 g/mol. The number of hydrogen-bond donors (Lipinski definition) is 2. The Balaban J connectivity index is 0.00000162. The first-order valence-corrected chi connectivity index (χ1v) is 5.98. The van der Waals surface area contributed by atoms with E-state index in [1.54, 1.807) is 0 Å². The summed E-state index contributed by atoms with van der Waals surface area (Å²) >= 11 is 11.6. The van der Waals surface area contributed by atoms with Gasteiger partial charge in [-0.25, -0.2) is 5.43 Å². The van der Waals surface area contributed by atoms with Crippen LogP contribution in [0.5, 0.6) is 0 Å². The van der Waals surface area contributed by atoms with Crippen molar-refractivity contribution in [3.8, 4) is 0 Å². The SMILES string of the molecule is Cl.Clc1ccc(CNNc2ccc(Cl)cc2)cc1. The van der Waals surface area contributed by atoms with Crippen LogP contribution in [0.3, 0.4) is 0 Å². The van der Waals surface area contributed by atoms with Gasteiger partial charge >= 0.3 is 0 Å². The molecule has 0 aliphatic carbocycles. The van der Waals surface area contributed by atoms with Crippen LogP contribution in [0, 0.1) is 0 Å². The van der Waals surface area contributed by atoms with Crippen molar-refractivity contribution in [3.05, 3.63) is 64.1 Å². The molecule has 2 aromatic rings. The average Bonchev–Trinajstić information content (AvgIpc) is 2.34. The van der Waals surface area contributed by atoms with Crippen LogP contribution >= 0.6 is 35.6 Å². The highest BCUT2D eigenvalue weighted by Crippen LogP contribution is 2.13. The molecule has 0 heterocycles. The number of rotatable bonds is 4. The van der Waals surface area contributed by atoms with Crippen LogP contribution in [-0.2, 0) is 6.54 Å². The van der Waals surface area contributed by atoms with E-state index in [-0.39, 0.29) is 12.4 Å². The third-order valence-corrected chi connectivity index (χ3v) is 2.79. The van der Waals surface area contributed by atoms with E-state index in [9.17, 15) is 0 Å². The summed E-state index contributed by atoms with van der Waals surface area (Å²) in [6, 6.07) is 15.2. The maximum absolute atomic E-state index is 5.81. The zero-order chi connectivity index (χ0) is 12.1. The quantitative estimate of drug-likeness (QED) is 0.811. The van der Waals surface area contributed by atoms with Crippen molar-refractivity contribution < 1.29 is 0 Å². The lowest BCUT2D eigenvalue weighted by Crippen LogP contribution is -2.20. The third kappa shape index (κ3) is 4.75. The van der Waals surface area contributed by atoms with Crippen LogP contribution in [0.2, 0.25) is 10.0 Å². The molecule has 0 aliphatic heterocycles. The molecule has 0 aromatic heterocycles. The fraction of sp³-hybridized carbons (Fsp3) is 0.0769. The number of hydrogen-bond acceptors (Lipinski definition) is 2. The van der Waals surface area contributed by atoms with Gasteiger partial charge in [0, 0.05) is 22.3 Å². The van der Waals surface area contributed by atoms with E-state index in [2.05, 4.69) is 10.9 Å². The van der Waals surface area contributed by atoms with Gasteiger partial charge in [0.15, 0.2) is 0 Å². The molecule has 2 rings (SSSR count). The van der Waals surface area contributed by atoms with Gasteiger partial charge in [0.25, 0.3) is 0 Å². The molecule has 0 fully saturated rings. The average molecular weight is 304 g/mol. The highest BCUT2D eigenvalue weighted by Gasteiger charge is 1.94. The molecule has 0 unspecified atom stereocenters. The van der Waals surface area contributed by atoms with E-state index in [4.69, 9.17) is 23.2 Å². The Kier molecular flexibility index (Phi) is 6.30. The summed E-state index contributed by atoms with van der Waals surface area (Å²) in [5.74, 6) is 0. The van der Waals surface area contributed by atoms with Crippen molar-refractivity contribution in [1.29, 1.82) is 0 Å². The van der Waals surface area contributed by atoms with Gasteiger partial charge in [-0.2, -0.15) is 0 Å². The van der Waals surface area contributed by atoms with Crippen LogP contribution in [0.15, 0.2) is 48.5 Å². The van der Waals surface area contributed by atoms with Gasteiger partial charge < -0.3 is 5.43 Å². The number of halogens is 3. The molecule has 18 heavy (non-hydrogen) atoms. The Morgan fingerprint density at radius 1 is 0.778 bits per heavy atom. The van der Waals surface area contributed by atoms with Crippen molar-refractivity contribution >= 4 is 41.3 Å². The molecule has 2 N–H and O–H groups in total. The molecule has 96 valence electrons. The van der Waals surface area contributed by atoms with Gasteiger partial charge in [-0.1, -0.05) is 35.3 Å². The van der Waals surface area contributed by atoms with E-state index < -0.39 is 0 Å². The van der Waals surface area contributed by atoms with Gasteiger partial charge in [-0.05, 0) is 42.0 Å². The van der Waals surface area contributed by atoms with Crippen molar-refractivity contribution in [2.75, 3.05) is 5.43 Å². The number of anilines is 1. The highest BCUT2D eigenvalue weighted by atomic mass is 35.5. The molecule has 0 amide bonds. The largest absolute Gasteiger partial charge is 0.321 e. The maximum atomic E-state index is 5.81. The van der Waals surface area contributed by atoms with E-state index >= 15 is 0 Å². The molecule has 2 aromatic carbocycles. The van der Waals surface area contributed by atoms with E-state index in [1.807, 2.05) is 48.5 Å². The predicted molar refractivity (Wildman–Crippen MR) is 80.6 cm³/mol. The lowest BCUT2D eigenvalue weighted by molar-refractivity contribution is 0.801. The van der Waals surface area contributed by atoms with Gasteiger partial charge in [0.1, 0.15) is 0 Å². The molecule has 0 radical (unpaired) electrons. The summed E-state index contributed by atoms with van der Waals surface area (Å²) in [6.07, 6.45) is 0. The van der Waals surface area contributed by atoms with Crippen LogP contribution < -0.4 is 10.9 Å². The van der Waals surface area contributed by atoms with E-state index in [1.165, 1.54) is 0 Å². The molecule has 2 nitrogen and oxygen atoms in total. The standard InChI is InChI=1S/C13H12Cl2N2.ClH/c14-11-3-1-10(2-4-11)9-16-17-13-7-5-12(15)6-8-13;/h1-8,16-17H,9H2;1H. The Bertz CT molecular complexity index is 423. The van der Waals surface area contributed by atoms with E-state index in [0.717, 1.165) is 27.8 Å². The van der Waals surface area contributed by atoms with Crippen molar-refractivity contribution in [1.82, 2.24) is 5.43 Å². The molecule has 0 saturated carbocycles. The fourth-order valence-corrected chi connectivity index (χ4v) is 1.64. The first-order valence-electron chi connectivity index (χ1n) is 5.23. The van der Waals surface area contributed by atoms with Crippen LogP contribution in [0.4, 0.5) is 5.69 Å². The molecule has 0 bridgehead atoms. The van der Waals surface area contributed by atoms with Gasteiger partial charge in [0.2, 0.25) is 0 Å².